The van der Waals surface area contributed by atoms with Gasteiger partial charge in [0.05, 0.1) is 27.6 Å². The maximum atomic E-state index is 6.67. The molecule has 5 heterocycles. The Morgan fingerprint density at radius 3 is 1.90 bits per heavy atom. The highest BCUT2D eigenvalue weighted by Gasteiger charge is 2.27. The van der Waals surface area contributed by atoms with E-state index in [-0.39, 0.29) is 0 Å². The molecule has 0 spiro atoms. The molecule has 0 aliphatic carbocycles. The summed E-state index contributed by atoms with van der Waals surface area (Å²) in [7, 11) is 0. The first-order chi connectivity index (χ1) is 25.3. The Balaban J connectivity index is 1.29. The number of para-hydroxylation sites is 3. The quantitative estimate of drug-likeness (QED) is 0.191. The van der Waals surface area contributed by atoms with Crippen molar-refractivity contribution in [3.05, 3.63) is 158 Å². The zero-order chi connectivity index (χ0) is 33.2. The number of rotatable bonds is 3. The van der Waals surface area contributed by atoms with Crippen LogP contribution in [0, 0.1) is 0 Å². The summed E-state index contributed by atoms with van der Waals surface area (Å²) in [5.41, 5.74) is 11.4. The lowest BCUT2D eigenvalue weighted by Crippen LogP contribution is -2.01. The fourth-order valence-electron chi connectivity index (χ4n) is 8.49. The van der Waals surface area contributed by atoms with Crippen LogP contribution >= 0.6 is 0 Å². The largest absolute Gasteiger partial charge is 0.450 e. The molecule has 0 bridgehead atoms. The molecule has 0 amide bonds. The lowest BCUT2D eigenvalue weighted by atomic mass is 10.0. The molecular weight excluding hydrogens is 625 g/mol. The van der Waals surface area contributed by atoms with Gasteiger partial charge in [-0.25, -0.2) is 9.97 Å². The number of furan rings is 1. The van der Waals surface area contributed by atoms with Gasteiger partial charge >= 0.3 is 0 Å². The maximum absolute atomic E-state index is 6.67. The molecule has 0 N–H and O–H groups in total. The van der Waals surface area contributed by atoms with Gasteiger partial charge in [0.15, 0.2) is 17.2 Å². The first kappa shape index (κ1) is 26.9. The lowest BCUT2D eigenvalue weighted by Gasteiger charge is -2.10. The summed E-state index contributed by atoms with van der Waals surface area (Å²) in [6.07, 6.45) is 0. The molecule has 7 aromatic carbocycles. The molecule has 0 saturated carbocycles. The predicted molar refractivity (Wildman–Crippen MR) is 209 cm³/mol. The Morgan fingerprint density at radius 2 is 1.10 bits per heavy atom. The molecule has 5 nitrogen and oxygen atoms in total. The first-order valence-electron chi connectivity index (χ1n) is 17.3. The van der Waals surface area contributed by atoms with Crippen LogP contribution in [-0.2, 0) is 0 Å². The average molecular weight is 651 g/mol. The zero-order valence-corrected chi connectivity index (χ0v) is 27.2. The number of hydrogen-bond acceptors (Lipinski definition) is 3. The summed E-state index contributed by atoms with van der Waals surface area (Å²) in [5.74, 6) is 1.39. The maximum Gasteiger partial charge on any atom is 0.197 e. The highest BCUT2D eigenvalue weighted by Crippen LogP contribution is 2.47. The molecular formula is C46H26N4O. The van der Waals surface area contributed by atoms with Crippen LogP contribution < -0.4 is 0 Å². The van der Waals surface area contributed by atoms with Gasteiger partial charge in [0.2, 0.25) is 0 Å². The van der Waals surface area contributed by atoms with E-state index in [1.54, 1.807) is 0 Å². The summed E-state index contributed by atoms with van der Waals surface area (Å²) < 4.78 is 11.4. The van der Waals surface area contributed by atoms with Crippen molar-refractivity contribution in [2.75, 3.05) is 0 Å². The number of nitrogens with zero attached hydrogens (tertiary/aromatic N) is 4. The van der Waals surface area contributed by atoms with Crippen LogP contribution in [0.25, 0.3) is 110 Å². The van der Waals surface area contributed by atoms with Crippen molar-refractivity contribution in [2.45, 2.75) is 0 Å². The van der Waals surface area contributed by atoms with E-state index in [0.29, 0.717) is 11.4 Å². The lowest BCUT2D eigenvalue weighted by molar-refractivity contribution is 0.662. The van der Waals surface area contributed by atoms with Gasteiger partial charge in [0, 0.05) is 43.3 Å². The van der Waals surface area contributed by atoms with Crippen LogP contribution in [-0.4, -0.2) is 18.9 Å². The summed E-state index contributed by atoms with van der Waals surface area (Å²) in [6.45, 7) is 0. The van der Waals surface area contributed by atoms with E-state index in [0.717, 1.165) is 38.9 Å². The number of hydrogen-bond donors (Lipinski definition) is 0. The standard InChI is InChI=1S/C46H26N4O/c1-3-13-27(14-4-1)29-23-24-30-34-26-38-40(41-32-18-8-10-20-35(32)49(43(34)41)37(30)25-29)31-17-7-11-21-36(31)50(38)46-44-42(33-19-9-12-22-39(33)51-44)47-45(48-46)28-15-5-2-6-16-28/h1-26H. The zero-order valence-electron chi connectivity index (χ0n) is 27.2. The molecule has 0 fully saturated rings. The van der Waals surface area contributed by atoms with Gasteiger partial charge in [0.25, 0.3) is 0 Å². The summed E-state index contributed by atoms with van der Waals surface area (Å²) in [5, 5.41) is 8.28. The third kappa shape index (κ3) is 3.54. The Bertz CT molecular complexity index is 3350. The SMILES string of the molecule is c1ccc(-c2ccc3c4cc5c(c6ccccc6n5-c5nc(-c6ccccc6)nc6c5oc5ccccc56)c5c6ccccc6n(c3c2)c45)cc1. The topological polar surface area (TPSA) is 48.3 Å². The second kappa shape index (κ2) is 9.80. The number of fused-ring (bicyclic) bond motifs is 13. The second-order valence-corrected chi connectivity index (χ2v) is 13.4. The molecule has 0 aliphatic heterocycles. The van der Waals surface area contributed by atoms with E-state index >= 15 is 0 Å². The van der Waals surface area contributed by atoms with E-state index in [9.17, 15) is 0 Å². The minimum absolute atomic E-state index is 0.664. The van der Waals surface area contributed by atoms with Gasteiger partial charge in [0.1, 0.15) is 11.1 Å². The summed E-state index contributed by atoms with van der Waals surface area (Å²) in [4.78, 5) is 10.5. The van der Waals surface area contributed by atoms with E-state index in [4.69, 9.17) is 14.4 Å². The molecule has 12 rings (SSSR count). The van der Waals surface area contributed by atoms with E-state index in [1.807, 2.05) is 36.4 Å². The van der Waals surface area contributed by atoms with E-state index < -0.39 is 0 Å². The summed E-state index contributed by atoms with van der Waals surface area (Å²) in [6, 6.07) is 55.8. The van der Waals surface area contributed by atoms with Crippen LogP contribution in [0.3, 0.4) is 0 Å². The molecule has 51 heavy (non-hydrogen) atoms. The molecule has 12 aromatic rings. The second-order valence-electron chi connectivity index (χ2n) is 13.4. The highest BCUT2D eigenvalue weighted by atomic mass is 16.3. The van der Waals surface area contributed by atoms with E-state index in [2.05, 4.69) is 130 Å². The van der Waals surface area contributed by atoms with Crippen LogP contribution in [0.5, 0.6) is 0 Å². The normalized spacial score (nSPS) is 12.3. The minimum Gasteiger partial charge on any atom is -0.450 e. The Hall–Kier alpha value is -6.98. The van der Waals surface area contributed by atoms with Crippen LogP contribution in [0.2, 0.25) is 0 Å². The van der Waals surface area contributed by atoms with Crippen molar-refractivity contribution in [3.8, 4) is 28.3 Å². The average Bonchev–Trinajstić information content (AvgIpc) is 3.93. The van der Waals surface area contributed by atoms with Crippen molar-refractivity contribution in [1.82, 2.24) is 18.9 Å². The molecule has 0 unspecified atom stereocenters. The fourth-order valence-corrected chi connectivity index (χ4v) is 8.49. The molecule has 5 aromatic heterocycles. The van der Waals surface area contributed by atoms with Crippen LogP contribution in [0.1, 0.15) is 0 Å². The van der Waals surface area contributed by atoms with Gasteiger partial charge in [-0.15, -0.1) is 0 Å². The third-order valence-corrected chi connectivity index (χ3v) is 10.7. The minimum atomic E-state index is 0.664. The number of benzene rings is 7. The van der Waals surface area contributed by atoms with Crippen molar-refractivity contribution in [1.29, 1.82) is 0 Å². The van der Waals surface area contributed by atoms with Gasteiger partial charge in [-0.2, -0.15) is 0 Å². The fraction of sp³-hybridized carbons (Fsp3) is 0. The molecule has 0 atom stereocenters. The number of aromatic nitrogens is 4. The molecule has 0 radical (unpaired) electrons. The van der Waals surface area contributed by atoms with Crippen molar-refractivity contribution >= 4 is 82.0 Å². The van der Waals surface area contributed by atoms with Gasteiger partial charge in [-0.1, -0.05) is 121 Å². The van der Waals surface area contributed by atoms with E-state index in [1.165, 1.54) is 60.0 Å². The Labute approximate surface area is 290 Å². The first-order valence-corrected chi connectivity index (χ1v) is 17.3. The Kier molecular flexibility index (Phi) is 5.17. The van der Waals surface area contributed by atoms with Crippen molar-refractivity contribution in [2.24, 2.45) is 0 Å². The molecule has 0 saturated heterocycles. The molecule has 5 heteroatoms. The molecule has 0 aliphatic rings. The molecule has 236 valence electrons. The predicted octanol–water partition coefficient (Wildman–Crippen LogP) is 12.0. The monoisotopic (exact) mass is 650 g/mol. The Morgan fingerprint density at radius 1 is 0.431 bits per heavy atom. The van der Waals surface area contributed by atoms with Gasteiger partial charge < -0.3 is 8.82 Å². The van der Waals surface area contributed by atoms with Crippen LogP contribution in [0.4, 0.5) is 0 Å². The van der Waals surface area contributed by atoms with Crippen LogP contribution in [0.15, 0.2) is 162 Å². The summed E-state index contributed by atoms with van der Waals surface area (Å²) >= 11 is 0. The highest BCUT2D eigenvalue weighted by molar-refractivity contribution is 6.36. The smallest absolute Gasteiger partial charge is 0.197 e. The van der Waals surface area contributed by atoms with Crippen molar-refractivity contribution in [3.63, 3.8) is 0 Å². The van der Waals surface area contributed by atoms with Crippen molar-refractivity contribution < 1.29 is 4.42 Å². The van der Waals surface area contributed by atoms with Gasteiger partial charge in [-0.3, -0.25) is 4.57 Å². The third-order valence-electron chi connectivity index (χ3n) is 10.7. The van der Waals surface area contributed by atoms with Gasteiger partial charge in [-0.05, 0) is 47.5 Å².